The molecule has 7 heteroatoms. The van der Waals surface area contributed by atoms with Crippen molar-refractivity contribution in [3.8, 4) is 0 Å². The number of hydrogen-bond donors (Lipinski definition) is 2. The summed E-state index contributed by atoms with van der Waals surface area (Å²) in [5, 5.41) is 7.22. The third kappa shape index (κ3) is 6.81. The van der Waals surface area contributed by atoms with Crippen molar-refractivity contribution in [2.75, 3.05) is 72.7 Å². The van der Waals surface area contributed by atoms with Gasteiger partial charge in [-0.3, -0.25) is 9.89 Å². The Morgan fingerprint density at radius 2 is 1.86 bits per heavy atom. The average molecular weight is 410 g/mol. The summed E-state index contributed by atoms with van der Waals surface area (Å²) < 4.78 is 10.9. The Bertz CT molecular complexity index is 482. The number of piperidine rings is 1. The summed E-state index contributed by atoms with van der Waals surface area (Å²) in [5.41, 5.74) is 0.196. The Morgan fingerprint density at radius 3 is 2.52 bits per heavy atom. The Balaban J connectivity index is 1.52. The molecule has 2 N–H and O–H groups in total. The van der Waals surface area contributed by atoms with Crippen LogP contribution in [0.1, 0.15) is 51.9 Å². The quantitative estimate of drug-likeness (QED) is 0.343. The first-order valence-electron chi connectivity index (χ1n) is 11.8. The van der Waals surface area contributed by atoms with E-state index in [0.717, 1.165) is 77.8 Å². The van der Waals surface area contributed by atoms with E-state index in [4.69, 9.17) is 14.5 Å². The van der Waals surface area contributed by atoms with E-state index in [1.807, 2.05) is 0 Å². The van der Waals surface area contributed by atoms with Crippen LogP contribution in [0.25, 0.3) is 0 Å². The number of rotatable bonds is 9. The molecule has 0 radical (unpaired) electrons. The molecule has 29 heavy (non-hydrogen) atoms. The van der Waals surface area contributed by atoms with Gasteiger partial charge in [0, 0.05) is 64.7 Å². The number of hydrogen-bond acceptors (Lipinski definition) is 5. The van der Waals surface area contributed by atoms with Crippen LogP contribution in [-0.2, 0) is 9.47 Å². The van der Waals surface area contributed by atoms with E-state index in [2.05, 4.69) is 27.4 Å². The summed E-state index contributed by atoms with van der Waals surface area (Å²) in [7, 11) is 1.78. The van der Waals surface area contributed by atoms with Gasteiger partial charge in [0.05, 0.1) is 6.54 Å². The summed E-state index contributed by atoms with van der Waals surface area (Å²) in [6, 6.07) is 0.518. The molecule has 0 atom stereocenters. The van der Waals surface area contributed by atoms with Crippen molar-refractivity contribution in [1.29, 1.82) is 0 Å². The van der Waals surface area contributed by atoms with Gasteiger partial charge in [0.2, 0.25) is 0 Å². The first-order valence-corrected chi connectivity index (χ1v) is 11.8. The standard InChI is InChI=1S/C22H43N5O2/c1-3-23-21(25-20-7-14-26(15-8-20)11-6-16-28-2)24-19-22(9-17-29-18-10-22)27-12-4-5-13-27/h20H,3-19H2,1-2H3,(H2,23,24,25). The molecule has 168 valence electrons. The van der Waals surface area contributed by atoms with Crippen molar-refractivity contribution in [3.63, 3.8) is 0 Å². The molecule has 0 unspecified atom stereocenters. The van der Waals surface area contributed by atoms with Crippen LogP contribution >= 0.6 is 0 Å². The molecule has 3 saturated heterocycles. The van der Waals surface area contributed by atoms with Gasteiger partial charge in [-0.05, 0) is 65.0 Å². The van der Waals surface area contributed by atoms with Crippen molar-refractivity contribution in [2.45, 2.75) is 63.5 Å². The Kier molecular flexibility index (Phi) is 9.49. The second kappa shape index (κ2) is 12.1. The molecule has 3 rings (SSSR count). The maximum atomic E-state index is 5.69. The third-order valence-corrected chi connectivity index (χ3v) is 6.83. The van der Waals surface area contributed by atoms with Gasteiger partial charge in [0.25, 0.3) is 0 Å². The van der Waals surface area contributed by atoms with Crippen LogP contribution in [-0.4, -0.2) is 100 Å². The number of ether oxygens (including phenoxy) is 2. The number of guanidine groups is 1. The maximum Gasteiger partial charge on any atom is 0.191 e. The van der Waals surface area contributed by atoms with Gasteiger partial charge < -0.3 is 25.0 Å². The van der Waals surface area contributed by atoms with Gasteiger partial charge in [-0.1, -0.05) is 0 Å². The van der Waals surface area contributed by atoms with Gasteiger partial charge in [0.1, 0.15) is 0 Å². The molecule has 0 spiro atoms. The lowest BCUT2D eigenvalue weighted by Gasteiger charge is -2.43. The molecule has 3 aliphatic heterocycles. The lowest BCUT2D eigenvalue weighted by Crippen LogP contribution is -2.54. The highest BCUT2D eigenvalue weighted by atomic mass is 16.5. The van der Waals surface area contributed by atoms with E-state index in [-0.39, 0.29) is 5.54 Å². The largest absolute Gasteiger partial charge is 0.385 e. The second-order valence-electron chi connectivity index (χ2n) is 8.83. The summed E-state index contributed by atoms with van der Waals surface area (Å²) in [5.74, 6) is 0.996. The fraction of sp³-hybridized carbons (Fsp3) is 0.955. The van der Waals surface area contributed by atoms with Crippen molar-refractivity contribution in [2.24, 2.45) is 4.99 Å². The Labute approximate surface area is 177 Å². The van der Waals surface area contributed by atoms with Crippen LogP contribution in [0.5, 0.6) is 0 Å². The highest BCUT2D eigenvalue weighted by Crippen LogP contribution is 2.31. The predicted octanol–water partition coefficient (Wildman–Crippen LogP) is 1.69. The van der Waals surface area contributed by atoms with Crippen LogP contribution < -0.4 is 10.6 Å². The van der Waals surface area contributed by atoms with Crippen molar-refractivity contribution in [1.82, 2.24) is 20.4 Å². The zero-order valence-electron chi connectivity index (χ0n) is 18.8. The summed E-state index contributed by atoms with van der Waals surface area (Å²) in [4.78, 5) is 10.4. The Morgan fingerprint density at radius 1 is 1.14 bits per heavy atom. The number of aliphatic imine (C=N–C) groups is 1. The molecule has 0 aliphatic carbocycles. The third-order valence-electron chi connectivity index (χ3n) is 6.83. The van der Waals surface area contributed by atoms with Crippen molar-refractivity contribution >= 4 is 5.96 Å². The van der Waals surface area contributed by atoms with Crippen molar-refractivity contribution in [3.05, 3.63) is 0 Å². The molecule has 3 heterocycles. The Hall–Kier alpha value is -0.890. The van der Waals surface area contributed by atoms with Crippen LogP contribution in [0.2, 0.25) is 0 Å². The summed E-state index contributed by atoms with van der Waals surface area (Å²) in [6.45, 7) is 12.5. The minimum atomic E-state index is 0.196. The zero-order valence-corrected chi connectivity index (χ0v) is 18.8. The van der Waals surface area contributed by atoms with Gasteiger partial charge in [0.15, 0.2) is 5.96 Å². The van der Waals surface area contributed by atoms with E-state index >= 15 is 0 Å². The molecule has 0 saturated carbocycles. The first-order chi connectivity index (χ1) is 14.3. The number of methoxy groups -OCH3 is 1. The summed E-state index contributed by atoms with van der Waals surface area (Å²) >= 11 is 0. The van der Waals surface area contributed by atoms with E-state index in [1.54, 1.807) is 7.11 Å². The number of nitrogens with zero attached hydrogens (tertiary/aromatic N) is 3. The molecule has 0 bridgehead atoms. The fourth-order valence-electron chi connectivity index (χ4n) is 4.99. The van der Waals surface area contributed by atoms with Gasteiger partial charge >= 0.3 is 0 Å². The molecule has 0 aromatic rings. The monoisotopic (exact) mass is 409 g/mol. The van der Waals surface area contributed by atoms with Crippen LogP contribution in [0, 0.1) is 0 Å². The number of nitrogens with one attached hydrogen (secondary N) is 2. The normalized spacial score (nSPS) is 24.7. The number of likely N-dealkylation sites (tertiary alicyclic amines) is 2. The smallest absolute Gasteiger partial charge is 0.191 e. The van der Waals surface area contributed by atoms with E-state index in [9.17, 15) is 0 Å². The summed E-state index contributed by atoms with van der Waals surface area (Å²) in [6.07, 6.45) is 8.36. The van der Waals surface area contributed by atoms with E-state index < -0.39 is 0 Å². The highest BCUT2D eigenvalue weighted by Gasteiger charge is 2.39. The lowest BCUT2D eigenvalue weighted by atomic mass is 9.88. The van der Waals surface area contributed by atoms with Crippen molar-refractivity contribution < 1.29 is 9.47 Å². The molecule has 3 aliphatic rings. The minimum absolute atomic E-state index is 0.196. The molecule has 0 aromatic carbocycles. The fourth-order valence-corrected chi connectivity index (χ4v) is 4.99. The van der Waals surface area contributed by atoms with Crippen LogP contribution in [0.4, 0.5) is 0 Å². The molecule has 0 amide bonds. The van der Waals surface area contributed by atoms with Gasteiger partial charge in [-0.2, -0.15) is 0 Å². The molecule has 3 fully saturated rings. The lowest BCUT2D eigenvalue weighted by molar-refractivity contribution is -0.0139. The van der Waals surface area contributed by atoms with Gasteiger partial charge in [-0.15, -0.1) is 0 Å². The van der Waals surface area contributed by atoms with E-state index in [0.29, 0.717) is 6.04 Å². The zero-order chi connectivity index (χ0) is 20.4. The molecule has 0 aromatic heterocycles. The maximum absolute atomic E-state index is 5.69. The SMILES string of the molecule is CCNC(=NCC1(N2CCCC2)CCOCC1)NC1CCN(CCCOC)CC1. The molecule has 7 nitrogen and oxygen atoms in total. The van der Waals surface area contributed by atoms with Gasteiger partial charge in [-0.25, -0.2) is 0 Å². The first kappa shape index (κ1) is 22.8. The average Bonchev–Trinajstić information content (AvgIpc) is 3.30. The second-order valence-corrected chi connectivity index (χ2v) is 8.83. The predicted molar refractivity (Wildman–Crippen MR) is 119 cm³/mol. The van der Waals surface area contributed by atoms with Crippen LogP contribution in [0.15, 0.2) is 4.99 Å². The molecular formula is C22H43N5O2. The topological polar surface area (TPSA) is 61.4 Å². The highest BCUT2D eigenvalue weighted by molar-refractivity contribution is 5.80. The van der Waals surface area contributed by atoms with E-state index in [1.165, 1.54) is 38.8 Å². The van der Waals surface area contributed by atoms with Crippen LogP contribution in [0.3, 0.4) is 0 Å². The molecular weight excluding hydrogens is 366 g/mol. The minimum Gasteiger partial charge on any atom is -0.385 e.